The summed E-state index contributed by atoms with van der Waals surface area (Å²) in [6.07, 6.45) is 0.840. The van der Waals surface area contributed by atoms with Crippen LogP contribution in [0.15, 0.2) is 23.0 Å². The molecule has 0 bridgehead atoms. The minimum atomic E-state index is -0.644. The normalized spacial score (nSPS) is 9.83. The smallest absolute Gasteiger partial charge is 0.268 e. The van der Waals surface area contributed by atoms with Crippen LogP contribution in [0.25, 0.3) is 11.1 Å². The summed E-state index contributed by atoms with van der Waals surface area (Å²) in [5.41, 5.74) is 5.59. The summed E-state index contributed by atoms with van der Waals surface area (Å²) in [5, 5.41) is 18.6. The molecule has 1 aromatic heterocycles. The van der Waals surface area contributed by atoms with Gasteiger partial charge in [0.05, 0.1) is 13.7 Å². The fourth-order valence-corrected chi connectivity index (χ4v) is 2.29. The van der Waals surface area contributed by atoms with Crippen LogP contribution in [0.2, 0.25) is 0 Å². The quantitative estimate of drug-likeness (QED) is 0.868. The average molecular weight is 324 g/mol. The highest BCUT2D eigenvalue weighted by Crippen LogP contribution is 2.35. The van der Waals surface area contributed by atoms with Crippen molar-refractivity contribution in [3.8, 4) is 34.8 Å². The number of nitriles is 2. The highest BCUT2D eigenvalue weighted by atomic mass is 16.5. The molecular weight excluding hydrogens is 308 g/mol. The second kappa shape index (κ2) is 7.21. The van der Waals surface area contributed by atoms with Crippen molar-refractivity contribution in [1.82, 2.24) is 4.98 Å². The summed E-state index contributed by atoms with van der Waals surface area (Å²) < 4.78 is 10.9. The topological polar surface area (TPSA) is 125 Å². The SMILES string of the molecule is CCCOc1ccc(-c2c(C#N)c(N)[nH]c(=O)c2C#N)cc1OC. The summed E-state index contributed by atoms with van der Waals surface area (Å²) in [4.78, 5) is 14.3. The van der Waals surface area contributed by atoms with Gasteiger partial charge in [0, 0.05) is 5.56 Å². The first-order valence-electron chi connectivity index (χ1n) is 7.24. The predicted molar refractivity (Wildman–Crippen MR) is 88.7 cm³/mol. The Morgan fingerprint density at radius 3 is 2.50 bits per heavy atom. The van der Waals surface area contributed by atoms with Gasteiger partial charge in [0.1, 0.15) is 29.1 Å². The second-order valence-electron chi connectivity index (χ2n) is 4.93. The molecule has 7 nitrogen and oxygen atoms in total. The van der Waals surface area contributed by atoms with Gasteiger partial charge in [0.25, 0.3) is 5.56 Å². The van der Waals surface area contributed by atoms with E-state index >= 15 is 0 Å². The number of aromatic nitrogens is 1. The van der Waals surface area contributed by atoms with Crippen molar-refractivity contribution in [3.05, 3.63) is 39.7 Å². The van der Waals surface area contributed by atoms with Crippen LogP contribution >= 0.6 is 0 Å². The van der Waals surface area contributed by atoms with E-state index in [4.69, 9.17) is 15.2 Å². The molecule has 2 rings (SSSR count). The van der Waals surface area contributed by atoms with Gasteiger partial charge < -0.3 is 20.2 Å². The number of nitrogens with one attached hydrogen (secondary N) is 1. The number of anilines is 1. The van der Waals surface area contributed by atoms with Crippen molar-refractivity contribution < 1.29 is 9.47 Å². The fraction of sp³-hybridized carbons (Fsp3) is 0.235. The lowest BCUT2D eigenvalue weighted by molar-refractivity contribution is 0.294. The summed E-state index contributed by atoms with van der Waals surface area (Å²) >= 11 is 0. The molecule has 7 heteroatoms. The zero-order chi connectivity index (χ0) is 17.7. The number of H-pyrrole nitrogens is 1. The number of hydrogen-bond acceptors (Lipinski definition) is 6. The minimum Gasteiger partial charge on any atom is -0.493 e. The first kappa shape index (κ1) is 16.9. The first-order valence-corrected chi connectivity index (χ1v) is 7.24. The molecule has 1 heterocycles. The third-order valence-electron chi connectivity index (χ3n) is 3.38. The van der Waals surface area contributed by atoms with Crippen LogP contribution in [-0.4, -0.2) is 18.7 Å². The maximum absolute atomic E-state index is 12.0. The van der Waals surface area contributed by atoms with Crippen molar-refractivity contribution >= 4 is 5.82 Å². The number of ether oxygens (including phenoxy) is 2. The summed E-state index contributed by atoms with van der Waals surface area (Å²) in [7, 11) is 1.49. The lowest BCUT2D eigenvalue weighted by atomic mass is 9.96. The molecule has 0 atom stereocenters. The number of nitrogens with zero attached hydrogens (tertiary/aromatic N) is 2. The van der Waals surface area contributed by atoms with Crippen LogP contribution in [0, 0.1) is 22.7 Å². The van der Waals surface area contributed by atoms with Gasteiger partial charge >= 0.3 is 0 Å². The third kappa shape index (κ3) is 3.01. The molecule has 1 aromatic carbocycles. The molecule has 0 saturated heterocycles. The first-order chi connectivity index (χ1) is 11.6. The van der Waals surface area contributed by atoms with Gasteiger partial charge in [-0.2, -0.15) is 10.5 Å². The van der Waals surface area contributed by atoms with Gasteiger partial charge in [-0.05, 0) is 24.1 Å². The van der Waals surface area contributed by atoms with Gasteiger partial charge in [0.15, 0.2) is 11.5 Å². The molecule has 0 saturated carbocycles. The molecule has 0 aliphatic carbocycles. The molecule has 0 aliphatic heterocycles. The van der Waals surface area contributed by atoms with Gasteiger partial charge in [-0.3, -0.25) is 4.79 Å². The van der Waals surface area contributed by atoms with Crippen LogP contribution in [0.3, 0.4) is 0 Å². The Morgan fingerprint density at radius 2 is 1.92 bits per heavy atom. The zero-order valence-electron chi connectivity index (χ0n) is 13.3. The highest BCUT2D eigenvalue weighted by molar-refractivity contribution is 5.81. The molecule has 122 valence electrons. The minimum absolute atomic E-state index is 0.0374. The summed E-state index contributed by atoms with van der Waals surface area (Å²) in [5.74, 6) is 0.896. The highest BCUT2D eigenvalue weighted by Gasteiger charge is 2.19. The Kier molecular flexibility index (Phi) is 5.08. The Morgan fingerprint density at radius 1 is 1.21 bits per heavy atom. The van der Waals surface area contributed by atoms with E-state index in [1.807, 2.05) is 19.1 Å². The summed E-state index contributed by atoms with van der Waals surface area (Å²) in [6.45, 7) is 2.51. The lowest BCUT2D eigenvalue weighted by Crippen LogP contribution is -2.16. The Balaban J connectivity index is 2.71. The maximum atomic E-state index is 12.0. The van der Waals surface area contributed by atoms with Gasteiger partial charge in [-0.1, -0.05) is 13.0 Å². The second-order valence-corrected chi connectivity index (χ2v) is 4.93. The number of nitrogens with two attached hydrogens (primary N) is 1. The molecule has 0 radical (unpaired) electrons. The van der Waals surface area contributed by atoms with Crippen molar-refractivity contribution in [3.63, 3.8) is 0 Å². The van der Waals surface area contributed by atoms with E-state index in [9.17, 15) is 15.3 Å². The number of aromatic amines is 1. The zero-order valence-corrected chi connectivity index (χ0v) is 13.3. The van der Waals surface area contributed by atoms with E-state index in [1.54, 1.807) is 18.2 Å². The van der Waals surface area contributed by atoms with Gasteiger partial charge in [-0.25, -0.2) is 0 Å². The lowest BCUT2D eigenvalue weighted by Gasteiger charge is -2.13. The van der Waals surface area contributed by atoms with Crippen molar-refractivity contribution in [1.29, 1.82) is 10.5 Å². The van der Waals surface area contributed by atoms with E-state index in [0.29, 0.717) is 23.7 Å². The number of pyridine rings is 1. The molecule has 2 aromatic rings. The largest absolute Gasteiger partial charge is 0.493 e. The van der Waals surface area contributed by atoms with Crippen molar-refractivity contribution in [2.24, 2.45) is 0 Å². The van der Waals surface area contributed by atoms with E-state index in [2.05, 4.69) is 4.98 Å². The van der Waals surface area contributed by atoms with E-state index in [-0.39, 0.29) is 22.5 Å². The number of benzene rings is 1. The van der Waals surface area contributed by atoms with Crippen molar-refractivity contribution in [2.75, 3.05) is 19.5 Å². The fourth-order valence-electron chi connectivity index (χ4n) is 2.29. The molecule has 24 heavy (non-hydrogen) atoms. The molecular formula is C17H16N4O3. The monoisotopic (exact) mass is 324 g/mol. The van der Waals surface area contributed by atoms with Crippen LogP contribution in [0.4, 0.5) is 5.82 Å². The van der Waals surface area contributed by atoms with Crippen LogP contribution < -0.4 is 20.8 Å². The van der Waals surface area contributed by atoms with E-state index < -0.39 is 5.56 Å². The van der Waals surface area contributed by atoms with Crippen LogP contribution in [-0.2, 0) is 0 Å². The number of rotatable bonds is 5. The van der Waals surface area contributed by atoms with E-state index in [0.717, 1.165) is 6.42 Å². The molecule has 0 aliphatic rings. The Hall–Kier alpha value is -3.45. The van der Waals surface area contributed by atoms with Gasteiger partial charge in [-0.15, -0.1) is 0 Å². The summed E-state index contributed by atoms with van der Waals surface area (Å²) in [6, 6.07) is 8.70. The standard InChI is InChI=1S/C17H16N4O3/c1-3-6-24-13-5-4-10(7-14(13)23-2)15-11(8-18)16(20)21-17(22)12(15)9-19/h4-5,7H,3,6H2,1-2H3,(H3,20,21,22). The average Bonchev–Trinajstić information content (AvgIpc) is 2.59. The molecule has 3 N–H and O–H groups in total. The van der Waals surface area contributed by atoms with Crippen LogP contribution in [0.1, 0.15) is 24.5 Å². The maximum Gasteiger partial charge on any atom is 0.268 e. The Bertz CT molecular complexity index is 904. The number of nitrogen functional groups attached to an aromatic ring is 1. The van der Waals surface area contributed by atoms with Crippen molar-refractivity contribution in [2.45, 2.75) is 13.3 Å². The number of methoxy groups -OCH3 is 1. The van der Waals surface area contributed by atoms with Gasteiger partial charge in [0.2, 0.25) is 0 Å². The molecule has 0 unspecified atom stereocenters. The Labute approximate surface area is 138 Å². The van der Waals surface area contributed by atoms with E-state index in [1.165, 1.54) is 7.11 Å². The third-order valence-corrected chi connectivity index (χ3v) is 3.38. The molecule has 0 fully saturated rings. The predicted octanol–water partition coefficient (Wildman–Crippen LogP) is 2.16. The number of hydrogen-bond donors (Lipinski definition) is 2. The molecule has 0 amide bonds. The van der Waals surface area contributed by atoms with Crippen LogP contribution in [0.5, 0.6) is 11.5 Å². The molecule has 0 spiro atoms.